The van der Waals surface area contributed by atoms with Gasteiger partial charge in [0, 0.05) is 5.88 Å². The van der Waals surface area contributed by atoms with Crippen LogP contribution in [0, 0.1) is 0 Å². The maximum absolute atomic E-state index is 10.6. The number of hydrogen-bond donors (Lipinski definition) is 0. The molecule has 1 nitrogen and oxygen atoms in total. The summed E-state index contributed by atoms with van der Waals surface area (Å²) in [6.07, 6.45) is 0. The SMILES string of the molecule is [O]c1cccc(CCl)c1. The van der Waals surface area contributed by atoms with Gasteiger partial charge in [0.05, 0.1) is 0 Å². The zero-order valence-electron chi connectivity index (χ0n) is 4.80. The van der Waals surface area contributed by atoms with E-state index in [2.05, 4.69) is 0 Å². The van der Waals surface area contributed by atoms with Gasteiger partial charge >= 0.3 is 0 Å². The molecular formula is C7H6ClO. The van der Waals surface area contributed by atoms with E-state index >= 15 is 0 Å². The first-order chi connectivity index (χ1) is 4.33. The monoisotopic (exact) mass is 141 g/mol. The Labute approximate surface area is 58.9 Å². The van der Waals surface area contributed by atoms with Crippen LogP contribution in [0.25, 0.3) is 0 Å². The fourth-order valence-electron chi connectivity index (χ4n) is 0.629. The molecule has 0 heterocycles. The van der Waals surface area contributed by atoms with Crippen LogP contribution in [0.3, 0.4) is 0 Å². The molecule has 0 atom stereocenters. The average Bonchev–Trinajstić information content (AvgIpc) is 1.88. The van der Waals surface area contributed by atoms with E-state index in [-0.39, 0.29) is 5.75 Å². The van der Waals surface area contributed by atoms with Crippen molar-refractivity contribution in [2.75, 3.05) is 0 Å². The van der Waals surface area contributed by atoms with Crippen molar-refractivity contribution in [2.45, 2.75) is 5.88 Å². The quantitative estimate of drug-likeness (QED) is 0.536. The van der Waals surface area contributed by atoms with Crippen LogP contribution in [0.15, 0.2) is 24.3 Å². The summed E-state index contributed by atoms with van der Waals surface area (Å²) in [4.78, 5) is 0. The van der Waals surface area contributed by atoms with Gasteiger partial charge in [-0.3, -0.25) is 5.11 Å². The highest BCUT2D eigenvalue weighted by Gasteiger charge is 1.91. The fraction of sp³-hybridized carbons (Fsp3) is 0.143. The van der Waals surface area contributed by atoms with Gasteiger partial charge in [-0.05, 0) is 17.7 Å². The Morgan fingerprint density at radius 1 is 1.44 bits per heavy atom. The third-order valence-corrected chi connectivity index (χ3v) is 1.36. The molecule has 0 amide bonds. The number of alkyl halides is 1. The zero-order chi connectivity index (χ0) is 6.69. The van der Waals surface area contributed by atoms with Gasteiger partial charge in [0.2, 0.25) is 0 Å². The molecule has 1 rings (SSSR count). The van der Waals surface area contributed by atoms with E-state index in [1.165, 1.54) is 12.1 Å². The summed E-state index contributed by atoms with van der Waals surface area (Å²) in [6, 6.07) is 6.58. The van der Waals surface area contributed by atoms with Crippen LogP contribution in [-0.2, 0) is 11.0 Å². The minimum atomic E-state index is 0.0214. The summed E-state index contributed by atoms with van der Waals surface area (Å²) in [6.45, 7) is 0. The highest BCUT2D eigenvalue weighted by atomic mass is 35.5. The Hall–Kier alpha value is -0.690. The summed E-state index contributed by atoms with van der Waals surface area (Å²) >= 11 is 5.46. The number of rotatable bonds is 1. The third kappa shape index (κ3) is 1.61. The van der Waals surface area contributed by atoms with Crippen molar-refractivity contribution in [1.29, 1.82) is 0 Å². The van der Waals surface area contributed by atoms with Gasteiger partial charge in [-0.25, -0.2) is 0 Å². The minimum Gasteiger partial charge on any atom is -0.290 e. The molecule has 0 fully saturated rings. The van der Waals surface area contributed by atoms with Crippen molar-refractivity contribution < 1.29 is 5.11 Å². The van der Waals surface area contributed by atoms with Crippen molar-refractivity contribution >= 4 is 11.6 Å². The van der Waals surface area contributed by atoms with Crippen LogP contribution >= 0.6 is 11.6 Å². The highest BCUT2D eigenvalue weighted by molar-refractivity contribution is 6.17. The molecule has 0 bridgehead atoms. The maximum Gasteiger partial charge on any atom is 0.178 e. The molecule has 0 aliphatic rings. The molecular weight excluding hydrogens is 136 g/mol. The smallest absolute Gasteiger partial charge is 0.178 e. The van der Waals surface area contributed by atoms with Crippen molar-refractivity contribution in [3.8, 4) is 5.75 Å². The van der Waals surface area contributed by atoms with Gasteiger partial charge in [-0.2, -0.15) is 0 Å². The van der Waals surface area contributed by atoms with Crippen LogP contribution in [-0.4, -0.2) is 0 Å². The molecule has 1 aromatic rings. The van der Waals surface area contributed by atoms with Crippen molar-refractivity contribution in [3.63, 3.8) is 0 Å². The summed E-state index contributed by atoms with van der Waals surface area (Å²) in [5.74, 6) is 0.434. The Morgan fingerprint density at radius 2 is 2.22 bits per heavy atom. The van der Waals surface area contributed by atoms with Crippen molar-refractivity contribution in [3.05, 3.63) is 29.8 Å². The van der Waals surface area contributed by atoms with Crippen LogP contribution in [0.2, 0.25) is 0 Å². The van der Waals surface area contributed by atoms with Gasteiger partial charge in [0.1, 0.15) is 0 Å². The normalized spacial score (nSPS) is 9.44. The highest BCUT2D eigenvalue weighted by Crippen LogP contribution is 2.12. The lowest BCUT2D eigenvalue weighted by Crippen LogP contribution is -1.72. The van der Waals surface area contributed by atoms with Crippen LogP contribution in [0.5, 0.6) is 5.75 Å². The summed E-state index contributed by atoms with van der Waals surface area (Å²) in [5, 5.41) is 10.6. The van der Waals surface area contributed by atoms with E-state index in [4.69, 9.17) is 11.6 Å². The van der Waals surface area contributed by atoms with Crippen LogP contribution < -0.4 is 0 Å². The lowest BCUT2D eigenvalue weighted by Gasteiger charge is -1.90. The Morgan fingerprint density at radius 3 is 2.67 bits per heavy atom. The summed E-state index contributed by atoms with van der Waals surface area (Å²) in [5.41, 5.74) is 0.879. The summed E-state index contributed by atoms with van der Waals surface area (Å²) < 4.78 is 0. The molecule has 9 heavy (non-hydrogen) atoms. The summed E-state index contributed by atoms with van der Waals surface area (Å²) in [7, 11) is 0. The molecule has 0 unspecified atom stereocenters. The molecule has 0 saturated heterocycles. The number of benzene rings is 1. The van der Waals surface area contributed by atoms with E-state index in [0.29, 0.717) is 5.88 Å². The van der Waals surface area contributed by atoms with Crippen LogP contribution in [0.1, 0.15) is 5.56 Å². The predicted octanol–water partition coefficient (Wildman–Crippen LogP) is 2.57. The van der Waals surface area contributed by atoms with Crippen molar-refractivity contribution in [1.82, 2.24) is 0 Å². The van der Waals surface area contributed by atoms with Gasteiger partial charge in [0.15, 0.2) is 5.75 Å². The second-order valence-electron chi connectivity index (χ2n) is 1.78. The Bertz CT molecular complexity index is 198. The predicted molar refractivity (Wildman–Crippen MR) is 36.1 cm³/mol. The topological polar surface area (TPSA) is 19.9 Å². The molecule has 0 N–H and O–H groups in total. The molecule has 1 radical (unpaired) electrons. The molecule has 1 aromatic carbocycles. The van der Waals surface area contributed by atoms with E-state index in [1.54, 1.807) is 6.07 Å². The van der Waals surface area contributed by atoms with Gasteiger partial charge in [-0.15, -0.1) is 11.6 Å². The first-order valence-electron chi connectivity index (χ1n) is 2.65. The van der Waals surface area contributed by atoms with Gasteiger partial charge in [-0.1, -0.05) is 12.1 Å². The Kier molecular flexibility index (Phi) is 1.96. The second kappa shape index (κ2) is 2.74. The average molecular weight is 142 g/mol. The van der Waals surface area contributed by atoms with Gasteiger partial charge < -0.3 is 0 Å². The first kappa shape index (κ1) is 6.43. The molecule has 2 heteroatoms. The van der Waals surface area contributed by atoms with E-state index in [0.717, 1.165) is 5.56 Å². The minimum absolute atomic E-state index is 0.0214. The van der Waals surface area contributed by atoms with Crippen LogP contribution in [0.4, 0.5) is 0 Å². The van der Waals surface area contributed by atoms with E-state index in [1.807, 2.05) is 6.07 Å². The second-order valence-corrected chi connectivity index (χ2v) is 2.05. The number of hydrogen-bond acceptors (Lipinski definition) is 0. The molecule has 0 saturated carbocycles. The third-order valence-electron chi connectivity index (χ3n) is 1.05. The van der Waals surface area contributed by atoms with Gasteiger partial charge in [0.25, 0.3) is 0 Å². The number of halogens is 1. The zero-order valence-corrected chi connectivity index (χ0v) is 5.56. The molecule has 47 valence electrons. The Balaban J connectivity index is 2.94. The largest absolute Gasteiger partial charge is 0.290 e. The molecule has 0 aromatic heterocycles. The molecule has 0 aliphatic carbocycles. The fourth-order valence-corrected chi connectivity index (χ4v) is 0.795. The first-order valence-corrected chi connectivity index (χ1v) is 3.18. The van der Waals surface area contributed by atoms with Crippen molar-refractivity contribution in [2.24, 2.45) is 0 Å². The molecule has 0 spiro atoms. The van der Waals surface area contributed by atoms with E-state index < -0.39 is 0 Å². The lowest BCUT2D eigenvalue weighted by atomic mass is 10.2. The standard InChI is InChI=1S/C7H6ClO/c8-5-6-2-1-3-7(9)4-6/h1-4H,5H2. The lowest BCUT2D eigenvalue weighted by molar-refractivity contribution is 0.354. The van der Waals surface area contributed by atoms with E-state index in [9.17, 15) is 5.11 Å². The molecule has 0 aliphatic heterocycles. The maximum atomic E-state index is 10.6.